The zero-order valence-electron chi connectivity index (χ0n) is 26.0. The minimum Gasteiger partial charge on any atom is -0.491 e. The van der Waals surface area contributed by atoms with Crippen molar-refractivity contribution >= 4 is 0 Å². The molecule has 47 heavy (non-hydrogen) atoms. The van der Waals surface area contributed by atoms with Crippen LogP contribution in [-0.4, -0.2) is 82.4 Å². The van der Waals surface area contributed by atoms with Crippen LogP contribution in [0.2, 0.25) is 0 Å². The fourth-order valence-electron chi connectivity index (χ4n) is 5.71. The molecular formula is C38H38O9. The molecule has 4 unspecified atom stereocenters. The van der Waals surface area contributed by atoms with Crippen LogP contribution in [0.25, 0.3) is 0 Å². The van der Waals surface area contributed by atoms with E-state index < -0.39 is 11.5 Å². The molecule has 0 spiro atoms. The Labute approximate surface area is 273 Å². The van der Waals surface area contributed by atoms with Crippen LogP contribution < -0.4 is 18.9 Å². The molecule has 8 rings (SSSR count). The van der Waals surface area contributed by atoms with E-state index in [-0.39, 0.29) is 24.4 Å². The SMILES string of the molecule is OC(c1ccc(OCC2CO2)cc1)(c1ccc(OCC2CO2)cc1)C(c1ccc(OCC2CO2)cc1)c1ccc(OCC2CO2)cc1. The number of rotatable bonds is 17. The molecule has 0 aliphatic carbocycles. The second-order valence-corrected chi connectivity index (χ2v) is 12.5. The predicted molar refractivity (Wildman–Crippen MR) is 172 cm³/mol. The van der Waals surface area contributed by atoms with Crippen LogP contribution in [0.4, 0.5) is 0 Å². The van der Waals surface area contributed by atoms with E-state index in [1.165, 1.54) is 0 Å². The number of hydrogen-bond donors (Lipinski definition) is 1. The lowest BCUT2D eigenvalue weighted by atomic mass is 9.70. The molecular weight excluding hydrogens is 600 g/mol. The number of ether oxygens (including phenoxy) is 8. The van der Waals surface area contributed by atoms with Crippen molar-refractivity contribution in [1.82, 2.24) is 0 Å². The Bertz CT molecular complexity index is 1490. The van der Waals surface area contributed by atoms with Gasteiger partial charge in [0.05, 0.1) is 26.4 Å². The van der Waals surface area contributed by atoms with E-state index in [0.29, 0.717) is 26.4 Å². The van der Waals surface area contributed by atoms with E-state index in [1.54, 1.807) is 0 Å². The van der Waals surface area contributed by atoms with E-state index in [9.17, 15) is 5.11 Å². The molecule has 4 aliphatic heterocycles. The minimum absolute atomic E-state index is 0.149. The lowest BCUT2D eigenvalue weighted by molar-refractivity contribution is 0.0623. The zero-order chi connectivity index (χ0) is 31.6. The molecule has 9 heteroatoms. The summed E-state index contributed by atoms with van der Waals surface area (Å²) in [4.78, 5) is 0. The standard InChI is InChI=1S/C38H38O9/c39-38(27-5-13-31(14-6-27)42-19-35-23-46-35,28-7-15-32(16-8-28)43-20-36-24-47-36)37(25-1-9-29(10-2-25)40-17-33-21-44-33)26-3-11-30(12-4-26)41-18-34-22-45-34/h1-16,33-37,39H,17-24H2. The molecule has 4 atom stereocenters. The molecule has 4 heterocycles. The number of epoxide rings is 4. The number of aliphatic hydroxyl groups is 1. The van der Waals surface area contributed by atoms with Crippen LogP contribution in [0.3, 0.4) is 0 Å². The summed E-state index contributed by atoms with van der Waals surface area (Å²) in [6.45, 7) is 4.95. The summed E-state index contributed by atoms with van der Waals surface area (Å²) in [5.74, 6) is 2.43. The molecule has 4 aromatic rings. The topological polar surface area (TPSA) is 107 Å². The van der Waals surface area contributed by atoms with Crippen molar-refractivity contribution in [2.75, 3.05) is 52.9 Å². The van der Waals surface area contributed by atoms with Crippen molar-refractivity contribution in [3.63, 3.8) is 0 Å². The van der Waals surface area contributed by atoms with Crippen molar-refractivity contribution in [2.24, 2.45) is 0 Å². The lowest BCUT2D eigenvalue weighted by Crippen LogP contribution is -2.35. The quantitative estimate of drug-likeness (QED) is 0.162. The first-order valence-electron chi connectivity index (χ1n) is 16.2. The summed E-state index contributed by atoms with van der Waals surface area (Å²) in [6, 6.07) is 31.2. The van der Waals surface area contributed by atoms with E-state index in [1.807, 2.05) is 97.1 Å². The number of benzene rings is 4. The fourth-order valence-corrected chi connectivity index (χ4v) is 5.71. The van der Waals surface area contributed by atoms with Gasteiger partial charge in [-0.25, -0.2) is 0 Å². The van der Waals surface area contributed by atoms with Crippen LogP contribution >= 0.6 is 0 Å². The Morgan fingerprint density at radius 1 is 0.468 bits per heavy atom. The van der Waals surface area contributed by atoms with E-state index in [0.717, 1.165) is 71.7 Å². The minimum atomic E-state index is -1.50. The highest BCUT2D eigenvalue weighted by molar-refractivity contribution is 5.50. The van der Waals surface area contributed by atoms with Crippen molar-refractivity contribution in [2.45, 2.75) is 35.9 Å². The Kier molecular flexibility index (Phi) is 8.47. The van der Waals surface area contributed by atoms with Crippen LogP contribution in [-0.2, 0) is 24.5 Å². The van der Waals surface area contributed by atoms with Crippen LogP contribution in [0.5, 0.6) is 23.0 Å². The maximum Gasteiger partial charge on any atom is 0.125 e. The van der Waals surface area contributed by atoms with Gasteiger partial charge in [-0.15, -0.1) is 0 Å². The van der Waals surface area contributed by atoms with Gasteiger partial charge in [0.1, 0.15) is 79.4 Å². The van der Waals surface area contributed by atoms with Crippen molar-refractivity contribution in [3.8, 4) is 23.0 Å². The highest BCUT2D eigenvalue weighted by Gasteiger charge is 2.42. The molecule has 0 amide bonds. The molecule has 0 saturated carbocycles. The Balaban J connectivity index is 1.16. The molecule has 4 aliphatic rings. The highest BCUT2D eigenvalue weighted by Crippen LogP contribution is 2.47. The van der Waals surface area contributed by atoms with Gasteiger partial charge in [-0.3, -0.25) is 0 Å². The van der Waals surface area contributed by atoms with Gasteiger partial charge in [0, 0.05) is 5.92 Å². The average molecular weight is 639 g/mol. The lowest BCUT2D eigenvalue weighted by Gasteiger charge is -2.38. The molecule has 4 aromatic carbocycles. The first-order valence-corrected chi connectivity index (χ1v) is 16.2. The van der Waals surface area contributed by atoms with Gasteiger partial charge in [0.25, 0.3) is 0 Å². The molecule has 0 aromatic heterocycles. The average Bonchev–Trinajstić information content (AvgIpc) is 3.93. The summed E-state index contributed by atoms with van der Waals surface area (Å²) < 4.78 is 45.0. The molecule has 9 nitrogen and oxygen atoms in total. The van der Waals surface area contributed by atoms with Gasteiger partial charge in [-0.1, -0.05) is 48.5 Å². The molecule has 0 radical (unpaired) electrons. The third-order valence-electron chi connectivity index (χ3n) is 8.79. The van der Waals surface area contributed by atoms with Crippen LogP contribution in [0.15, 0.2) is 97.1 Å². The van der Waals surface area contributed by atoms with E-state index >= 15 is 0 Å². The molecule has 0 bridgehead atoms. The Morgan fingerprint density at radius 3 is 0.979 bits per heavy atom. The van der Waals surface area contributed by atoms with Gasteiger partial charge in [-0.05, 0) is 70.8 Å². The molecule has 4 fully saturated rings. The van der Waals surface area contributed by atoms with Crippen LogP contribution in [0.1, 0.15) is 28.2 Å². The number of hydrogen-bond acceptors (Lipinski definition) is 9. The van der Waals surface area contributed by atoms with Gasteiger partial charge < -0.3 is 43.0 Å². The van der Waals surface area contributed by atoms with Gasteiger partial charge in [0.15, 0.2) is 0 Å². The van der Waals surface area contributed by atoms with Crippen molar-refractivity contribution in [3.05, 3.63) is 119 Å². The highest BCUT2D eigenvalue weighted by atomic mass is 16.6. The van der Waals surface area contributed by atoms with E-state index in [4.69, 9.17) is 37.9 Å². The predicted octanol–water partition coefficient (Wildman–Crippen LogP) is 4.87. The second kappa shape index (κ2) is 13.2. The summed E-state index contributed by atoms with van der Waals surface area (Å²) in [6.07, 6.45) is 0.617. The second-order valence-electron chi connectivity index (χ2n) is 12.5. The molecule has 1 N–H and O–H groups in total. The largest absolute Gasteiger partial charge is 0.491 e. The summed E-state index contributed by atoms with van der Waals surface area (Å²) in [5.41, 5.74) is 1.77. The third kappa shape index (κ3) is 7.56. The summed E-state index contributed by atoms with van der Waals surface area (Å²) >= 11 is 0. The monoisotopic (exact) mass is 638 g/mol. The molecule has 244 valence electrons. The maximum absolute atomic E-state index is 13.2. The first-order chi connectivity index (χ1) is 23.1. The fraction of sp³-hybridized carbons (Fsp3) is 0.368. The Hall–Kier alpha value is -4.12. The van der Waals surface area contributed by atoms with Gasteiger partial charge in [0.2, 0.25) is 0 Å². The molecule has 4 saturated heterocycles. The maximum atomic E-state index is 13.2. The third-order valence-corrected chi connectivity index (χ3v) is 8.79. The normalized spacial score (nSPS) is 24.0. The van der Waals surface area contributed by atoms with Crippen molar-refractivity contribution < 1.29 is 43.0 Å². The first kappa shape index (κ1) is 30.2. The van der Waals surface area contributed by atoms with Gasteiger partial charge >= 0.3 is 0 Å². The van der Waals surface area contributed by atoms with E-state index in [2.05, 4.69) is 0 Å². The summed E-state index contributed by atoms with van der Waals surface area (Å²) in [5, 5.41) is 13.2. The van der Waals surface area contributed by atoms with Crippen LogP contribution in [0, 0.1) is 0 Å². The summed E-state index contributed by atoms with van der Waals surface area (Å²) in [7, 11) is 0. The Morgan fingerprint density at radius 2 is 0.723 bits per heavy atom. The zero-order valence-corrected chi connectivity index (χ0v) is 26.0. The smallest absolute Gasteiger partial charge is 0.125 e. The van der Waals surface area contributed by atoms with Crippen molar-refractivity contribution in [1.29, 1.82) is 0 Å². The van der Waals surface area contributed by atoms with Gasteiger partial charge in [-0.2, -0.15) is 0 Å².